The normalized spacial score (nSPS) is 15.7. The first-order valence-electron chi connectivity index (χ1n) is 11.3. The fraction of sp³-hybridized carbons (Fsp3) is 0.480. The molecule has 1 aliphatic heterocycles. The van der Waals surface area contributed by atoms with E-state index in [0.717, 1.165) is 16.7 Å². The molecule has 1 saturated heterocycles. The minimum absolute atomic E-state index is 0.0319. The number of nitrogens with zero attached hydrogens (tertiary/aromatic N) is 3. The van der Waals surface area contributed by atoms with Gasteiger partial charge in [0.15, 0.2) is 0 Å². The van der Waals surface area contributed by atoms with E-state index in [1.54, 1.807) is 24.3 Å². The highest BCUT2D eigenvalue weighted by atomic mass is 32.2. The van der Waals surface area contributed by atoms with Gasteiger partial charge in [0.25, 0.3) is 0 Å². The van der Waals surface area contributed by atoms with Crippen LogP contribution in [-0.4, -0.2) is 68.7 Å². The monoisotopic (exact) mass is 475 g/mol. The quantitative estimate of drug-likeness (QED) is 0.587. The first kappa shape index (κ1) is 25.3. The Balaban J connectivity index is 1.67. The van der Waals surface area contributed by atoms with Gasteiger partial charge in [-0.2, -0.15) is 4.31 Å². The van der Waals surface area contributed by atoms with Crippen LogP contribution in [-0.2, 0) is 21.4 Å². The molecule has 8 heteroatoms. The average molecular weight is 476 g/mol. The lowest BCUT2D eigenvalue weighted by Crippen LogP contribution is -2.45. The molecule has 3 rings (SSSR count). The minimum atomic E-state index is -3.58. The van der Waals surface area contributed by atoms with Crippen LogP contribution in [0.25, 0.3) is 0 Å². The predicted octanol–water partition coefficient (Wildman–Crippen LogP) is 3.43. The minimum Gasteiger partial charge on any atom is -0.337 e. The summed E-state index contributed by atoms with van der Waals surface area (Å²) in [7, 11) is 0.332. The smallest absolute Gasteiger partial charge is 0.243 e. The van der Waals surface area contributed by atoms with Gasteiger partial charge in [0, 0.05) is 38.6 Å². The number of carbonyl (C=O) groups excluding carboxylic acids is 1. The molecule has 2 aromatic rings. The Morgan fingerprint density at radius 3 is 2.21 bits per heavy atom. The average Bonchev–Trinajstić information content (AvgIpc) is 2.79. The zero-order valence-corrected chi connectivity index (χ0v) is 20.7. The maximum Gasteiger partial charge on any atom is 0.243 e. The number of hydrogen-bond acceptors (Lipinski definition) is 4. The van der Waals surface area contributed by atoms with E-state index in [4.69, 9.17) is 0 Å². The van der Waals surface area contributed by atoms with Crippen molar-refractivity contribution in [2.75, 3.05) is 40.3 Å². The molecule has 0 atom stereocenters. The third-order valence-electron chi connectivity index (χ3n) is 6.33. The molecular formula is C25H34FN3O3S. The lowest BCUT2D eigenvalue weighted by molar-refractivity contribution is -0.137. The molecule has 0 aliphatic carbocycles. The molecule has 1 aliphatic rings. The summed E-state index contributed by atoms with van der Waals surface area (Å²) in [6, 6.07) is 11.4. The molecule has 180 valence electrons. The van der Waals surface area contributed by atoms with Gasteiger partial charge in [0.05, 0.1) is 4.90 Å². The maximum absolute atomic E-state index is 13.4. The third-order valence-corrected chi connectivity index (χ3v) is 8.23. The standard InChI is InChI=1S/C25H34FN3O3S/c1-19-5-10-24(17-20(19)2)33(31,32)29-13-11-22(12-14-29)25(30)28(16-15-27(3)4)18-21-6-8-23(26)9-7-21/h5-10,17,22H,11-16,18H2,1-4H3. The van der Waals surface area contributed by atoms with Crippen molar-refractivity contribution in [3.63, 3.8) is 0 Å². The van der Waals surface area contributed by atoms with E-state index in [2.05, 4.69) is 0 Å². The molecule has 0 unspecified atom stereocenters. The molecule has 0 aromatic heterocycles. The number of rotatable bonds is 8. The molecule has 0 saturated carbocycles. The Kier molecular flexibility index (Phi) is 8.26. The maximum atomic E-state index is 13.4. The van der Waals surface area contributed by atoms with Crippen LogP contribution in [0.2, 0.25) is 0 Å². The van der Waals surface area contributed by atoms with Crippen LogP contribution >= 0.6 is 0 Å². The summed E-state index contributed by atoms with van der Waals surface area (Å²) in [5.74, 6) is -0.495. The van der Waals surface area contributed by atoms with Crippen molar-refractivity contribution in [1.82, 2.24) is 14.1 Å². The zero-order valence-electron chi connectivity index (χ0n) is 19.9. The summed E-state index contributed by atoms with van der Waals surface area (Å²) in [6.45, 7) is 6.19. The van der Waals surface area contributed by atoms with Crippen molar-refractivity contribution in [3.05, 3.63) is 65.0 Å². The number of likely N-dealkylation sites (N-methyl/N-ethyl adjacent to an activating group) is 1. The van der Waals surface area contributed by atoms with Gasteiger partial charge in [-0.3, -0.25) is 4.79 Å². The predicted molar refractivity (Wildman–Crippen MR) is 128 cm³/mol. The number of hydrogen-bond donors (Lipinski definition) is 0. The highest BCUT2D eigenvalue weighted by Gasteiger charge is 2.34. The summed E-state index contributed by atoms with van der Waals surface area (Å²) >= 11 is 0. The summed E-state index contributed by atoms with van der Waals surface area (Å²) < 4.78 is 41.0. The Hall–Kier alpha value is -2.29. The van der Waals surface area contributed by atoms with Crippen molar-refractivity contribution in [2.45, 2.75) is 38.1 Å². The Bertz CT molecular complexity index is 1060. The molecule has 0 bridgehead atoms. The fourth-order valence-electron chi connectivity index (χ4n) is 4.02. The van der Waals surface area contributed by atoms with Gasteiger partial charge in [0.2, 0.25) is 15.9 Å². The van der Waals surface area contributed by atoms with Crippen molar-refractivity contribution < 1.29 is 17.6 Å². The van der Waals surface area contributed by atoms with Gasteiger partial charge in [-0.1, -0.05) is 18.2 Å². The van der Waals surface area contributed by atoms with E-state index in [-0.39, 0.29) is 17.6 Å². The first-order valence-corrected chi connectivity index (χ1v) is 12.8. The van der Waals surface area contributed by atoms with E-state index in [1.807, 2.05) is 43.8 Å². The van der Waals surface area contributed by atoms with Gasteiger partial charge in [-0.15, -0.1) is 0 Å². The van der Waals surface area contributed by atoms with Crippen LogP contribution in [0.4, 0.5) is 4.39 Å². The number of benzene rings is 2. The van der Waals surface area contributed by atoms with Crippen LogP contribution in [0.15, 0.2) is 47.4 Å². The highest BCUT2D eigenvalue weighted by molar-refractivity contribution is 7.89. The second-order valence-corrected chi connectivity index (χ2v) is 11.1. The Morgan fingerprint density at radius 2 is 1.64 bits per heavy atom. The largest absolute Gasteiger partial charge is 0.337 e. The molecular weight excluding hydrogens is 441 g/mol. The topological polar surface area (TPSA) is 60.9 Å². The van der Waals surface area contributed by atoms with Gasteiger partial charge >= 0.3 is 0 Å². The first-order chi connectivity index (χ1) is 15.6. The van der Waals surface area contributed by atoms with Gasteiger partial charge in [-0.25, -0.2) is 12.8 Å². The molecule has 0 radical (unpaired) electrons. The van der Waals surface area contributed by atoms with Crippen molar-refractivity contribution in [2.24, 2.45) is 5.92 Å². The Morgan fingerprint density at radius 1 is 1.00 bits per heavy atom. The van der Waals surface area contributed by atoms with E-state index in [9.17, 15) is 17.6 Å². The van der Waals surface area contributed by atoms with Crippen LogP contribution in [0, 0.1) is 25.6 Å². The summed E-state index contributed by atoms with van der Waals surface area (Å²) in [6.07, 6.45) is 0.982. The fourth-order valence-corrected chi connectivity index (χ4v) is 5.58. The summed E-state index contributed by atoms with van der Waals surface area (Å²) in [5, 5.41) is 0. The van der Waals surface area contributed by atoms with Gasteiger partial charge < -0.3 is 9.80 Å². The lowest BCUT2D eigenvalue weighted by Gasteiger charge is -2.34. The number of carbonyl (C=O) groups is 1. The van der Waals surface area contributed by atoms with E-state index >= 15 is 0 Å². The number of sulfonamides is 1. The van der Waals surface area contributed by atoms with Gasteiger partial charge in [-0.05, 0) is 81.7 Å². The second-order valence-electron chi connectivity index (χ2n) is 9.11. The van der Waals surface area contributed by atoms with E-state index in [1.165, 1.54) is 16.4 Å². The number of halogens is 1. The van der Waals surface area contributed by atoms with Crippen molar-refractivity contribution in [3.8, 4) is 0 Å². The number of amides is 1. The Labute approximate surface area is 197 Å². The molecule has 6 nitrogen and oxygen atoms in total. The summed E-state index contributed by atoms with van der Waals surface area (Å²) in [4.78, 5) is 17.5. The SMILES string of the molecule is Cc1ccc(S(=O)(=O)N2CCC(C(=O)N(CCN(C)C)Cc3ccc(F)cc3)CC2)cc1C. The summed E-state index contributed by atoms with van der Waals surface area (Å²) in [5.41, 5.74) is 2.87. The lowest BCUT2D eigenvalue weighted by atomic mass is 9.96. The van der Waals surface area contributed by atoms with Crippen LogP contribution < -0.4 is 0 Å². The molecule has 33 heavy (non-hydrogen) atoms. The molecule has 2 aromatic carbocycles. The highest BCUT2D eigenvalue weighted by Crippen LogP contribution is 2.26. The molecule has 1 amide bonds. The zero-order chi connectivity index (χ0) is 24.2. The molecule has 0 N–H and O–H groups in total. The van der Waals surface area contributed by atoms with E-state index < -0.39 is 10.0 Å². The van der Waals surface area contributed by atoms with Crippen LogP contribution in [0.1, 0.15) is 29.5 Å². The molecule has 1 heterocycles. The second kappa shape index (κ2) is 10.8. The number of piperidine rings is 1. The molecule has 1 fully saturated rings. The number of aryl methyl sites for hydroxylation is 2. The van der Waals surface area contributed by atoms with Crippen molar-refractivity contribution >= 4 is 15.9 Å². The van der Waals surface area contributed by atoms with Crippen molar-refractivity contribution in [1.29, 1.82) is 0 Å². The third kappa shape index (κ3) is 6.40. The van der Waals surface area contributed by atoms with E-state index in [0.29, 0.717) is 50.5 Å². The van der Waals surface area contributed by atoms with Crippen LogP contribution in [0.3, 0.4) is 0 Å². The van der Waals surface area contributed by atoms with Gasteiger partial charge in [0.1, 0.15) is 5.82 Å². The molecule has 0 spiro atoms. The van der Waals surface area contributed by atoms with Crippen LogP contribution in [0.5, 0.6) is 0 Å².